The van der Waals surface area contributed by atoms with Gasteiger partial charge >= 0.3 is 0 Å². The van der Waals surface area contributed by atoms with Crippen LogP contribution in [0, 0.1) is 42.2 Å². The molecule has 0 aliphatic heterocycles. The molecule has 8 nitrogen and oxygen atoms in total. The summed E-state index contributed by atoms with van der Waals surface area (Å²) < 4.78 is 7.05. The number of nitrogens with zero attached hydrogens (tertiary/aromatic N) is 3. The number of benzene rings is 2. The number of nitro groups is 1. The van der Waals surface area contributed by atoms with E-state index in [0.29, 0.717) is 17.0 Å². The maximum Gasteiger partial charge on any atom is 0.269 e. The molecule has 0 bridgehead atoms. The van der Waals surface area contributed by atoms with E-state index in [4.69, 9.17) is 4.74 Å². The number of nitrogens with one attached hydrogen (secondary N) is 1. The lowest BCUT2D eigenvalue weighted by Crippen LogP contribution is -2.13. The molecule has 0 aliphatic rings. The van der Waals surface area contributed by atoms with Crippen molar-refractivity contribution in [3.63, 3.8) is 0 Å². The predicted octanol–water partition coefficient (Wildman–Crippen LogP) is 4.87. The topological polar surface area (TPSA) is 110 Å². The summed E-state index contributed by atoms with van der Waals surface area (Å²) in [7, 11) is 1.55. The van der Waals surface area contributed by atoms with E-state index < -0.39 is 10.8 Å². The first-order chi connectivity index (χ1) is 15.2. The van der Waals surface area contributed by atoms with E-state index in [-0.39, 0.29) is 11.3 Å². The summed E-state index contributed by atoms with van der Waals surface area (Å²) in [6.45, 7) is 5.57. The van der Waals surface area contributed by atoms with E-state index in [2.05, 4.69) is 5.32 Å². The summed E-state index contributed by atoms with van der Waals surface area (Å²) in [5, 5.41) is 23.3. The van der Waals surface area contributed by atoms with E-state index >= 15 is 0 Å². The summed E-state index contributed by atoms with van der Waals surface area (Å²) in [6, 6.07) is 15.3. The molecule has 0 saturated carbocycles. The van der Waals surface area contributed by atoms with Gasteiger partial charge in [0, 0.05) is 34.9 Å². The van der Waals surface area contributed by atoms with Gasteiger partial charge in [-0.3, -0.25) is 14.9 Å². The van der Waals surface area contributed by atoms with Gasteiger partial charge in [-0.15, -0.1) is 0 Å². The minimum absolute atomic E-state index is 0.0239. The second kappa shape index (κ2) is 9.18. The number of carbonyl (C=O) groups is 1. The van der Waals surface area contributed by atoms with Crippen LogP contribution in [0.3, 0.4) is 0 Å². The summed E-state index contributed by atoms with van der Waals surface area (Å²) in [4.78, 5) is 23.2. The highest BCUT2D eigenvalue weighted by atomic mass is 16.6. The average molecular weight is 430 g/mol. The third-order valence-corrected chi connectivity index (χ3v) is 5.12. The summed E-state index contributed by atoms with van der Waals surface area (Å²) >= 11 is 0. The van der Waals surface area contributed by atoms with Crippen molar-refractivity contribution >= 4 is 23.4 Å². The largest absolute Gasteiger partial charge is 0.497 e. The lowest BCUT2D eigenvalue weighted by Gasteiger charge is -2.12. The number of amides is 1. The van der Waals surface area contributed by atoms with Crippen molar-refractivity contribution in [2.75, 3.05) is 12.4 Å². The minimum Gasteiger partial charge on any atom is -0.497 e. The molecule has 0 saturated heterocycles. The highest BCUT2D eigenvalue weighted by molar-refractivity contribution is 6.09. The number of anilines is 1. The number of nitro benzene ring substituents is 1. The molecule has 3 rings (SSSR count). The van der Waals surface area contributed by atoms with Crippen molar-refractivity contribution in [1.82, 2.24) is 4.57 Å². The number of nitriles is 1. The summed E-state index contributed by atoms with van der Waals surface area (Å²) in [6.07, 6.45) is 1.54. The number of rotatable bonds is 6. The van der Waals surface area contributed by atoms with Crippen molar-refractivity contribution in [2.24, 2.45) is 0 Å². The highest BCUT2D eigenvalue weighted by Crippen LogP contribution is 2.27. The van der Waals surface area contributed by atoms with Crippen molar-refractivity contribution in [1.29, 1.82) is 5.26 Å². The van der Waals surface area contributed by atoms with Crippen LogP contribution in [0.5, 0.6) is 5.75 Å². The molecule has 0 radical (unpaired) electrons. The van der Waals surface area contributed by atoms with Crippen LogP contribution in [0.1, 0.15) is 22.5 Å². The van der Waals surface area contributed by atoms with Crippen molar-refractivity contribution in [3.8, 4) is 17.5 Å². The Labute approximate surface area is 185 Å². The van der Waals surface area contributed by atoms with Gasteiger partial charge in [0.25, 0.3) is 11.6 Å². The molecule has 0 fully saturated rings. The number of ether oxygens (including phenoxy) is 1. The first-order valence-electron chi connectivity index (χ1n) is 9.76. The predicted molar refractivity (Wildman–Crippen MR) is 122 cm³/mol. The van der Waals surface area contributed by atoms with Crippen LogP contribution < -0.4 is 10.1 Å². The first-order valence-corrected chi connectivity index (χ1v) is 9.76. The zero-order chi connectivity index (χ0) is 23.4. The van der Waals surface area contributed by atoms with Gasteiger partial charge in [-0.05, 0) is 74.4 Å². The molecule has 0 atom stereocenters. The number of carbonyl (C=O) groups excluding carboxylic acids is 1. The van der Waals surface area contributed by atoms with E-state index in [9.17, 15) is 20.2 Å². The standard InChI is InChI=1S/C24H22N4O4/c1-15-11-21(28(30)31)7-10-23(15)27-16(2)12-18(17(27)3)13-19(14-25)24(29)26-20-5-8-22(32-4)9-6-20/h5-13H,1-4H3,(H,26,29)/b19-13+. The molecule has 162 valence electrons. The minimum atomic E-state index is -0.519. The Morgan fingerprint density at radius 1 is 1.16 bits per heavy atom. The Bertz CT molecular complexity index is 1260. The second-order valence-electron chi connectivity index (χ2n) is 7.24. The molecule has 1 aromatic heterocycles. The average Bonchev–Trinajstić information content (AvgIpc) is 3.05. The molecule has 2 aromatic carbocycles. The van der Waals surface area contributed by atoms with Gasteiger partial charge < -0.3 is 14.6 Å². The van der Waals surface area contributed by atoms with Crippen molar-refractivity contribution in [2.45, 2.75) is 20.8 Å². The van der Waals surface area contributed by atoms with Crippen LogP contribution in [0.2, 0.25) is 0 Å². The summed E-state index contributed by atoms with van der Waals surface area (Å²) in [5.41, 5.74) is 4.46. The smallest absolute Gasteiger partial charge is 0.269 e. The van der Waals surface area contributed by atoms with E-state index in [1.807, 2.05) is 30.6 Å². The number of methoxy groups -OCH3 is 1. The number of aromatic nitrogens is 1. The zero-order valence-corrected chi connectivity index (χ0v) is 18.2. The van der Waals surface area contributed by atoms with Crippen LogP contribution in [-0.2, 0) is 4.79 Å². The van der Waals surface area contributed by atoms with Gasteiger partial charge in [0.05, 0.1) is 12.0 Å². The number of non-ortho nitro benzene ring substituents is 1. The number of hydrogen-bond acceptors (Lipinski definition) is 5. The fourth-order valence-electron chi connectivity index (χ4n) is 3.49. The third kappa shape index (κ3) is 4.52. The first kappa shape index (κ1) is 22.3. The quantitative estimate of drug-likeness (QED) is 0.260. The Morgan fingerprint density at radius 3 is 2.41 bits per heavy atom. The number of aryl methyl sites for hydroxylation is 2. The van der Waals surface area contributed by atoms with Gasteiger partial charge in [-0.1, -0.05) is 0 Å². The molecule has 0 spiro atoms. The Balaban J connectivity index is 1.93. The highest BCUT2D eigenvalue weighted by Gasteiger charge is 2.16. The normalized spacial score (nSPS) is 11.0. The lowest BCUT2D eigenvalue weighted by molar-refractivity contribution is -0.384. The number of hydrogen-bond donors (Lipinski definition) is 1. The molecule has 1 heterocycles. The van der Waals surface area contributed by atoms with Crippen LogP contribution in [0.15, 0.2) is 54.1 Å². The molecule has 8 heteroatoms. The van der Waals surface area contributed by atoms with E-state index in [1.165, 1.54) is 12.1 Å². The molecular formula is C24H22N4O4. The molecule has 1 amide bonds. The Kier molecular flexibility index (Phi) is 6.40. The fraction of sp³-hybridized carbons (Fsp3) is 0.167. The Morgan fingerprint density at radius 2 is 1.84 bits per heavy atom. The van der Waals surface area contributed by atoms with Crippen LogP contribution in [0.25, 0.3) is 11.8 Å². The van der Waals surface area contributed by atoms with Crippen LogP contribution in [0.4, 0.5) is 11.4 Å². The van der Waals surface area contributed by atoms with Crippen molar-refractivity contribution in [3.05, 3.63) is 86.7 Å². The molecule has 3 aromatic rings. The Hall–Kier alpha value is -4.38. The monoisotopic (exact) mass is 430 g/mol. The van der Waals surface area contributed by atoms with Gasteiger partial charge in [0.1, 0.15) is 17.4 Å². The van der Waals surface area contributed by atoms with E-state index in [1.54, 1.807) is 50.4 Å². The van der Waals surface area contributed by atoms with Crippen LogP contribution >= 0.6 is 0 Å². The zero-order valence-electron chi connectivity index (χ0n) is 18.2. The molecular weight excluding hydrogens is 408 g/mol. The SMILES string of the molecule is COc1ccc(NC(=O)/C(C#N)=C/c2cc(C)n(-c3ccc([N+](=O)[O-])cc3C)c2C)cc1. The van der Waals surface area contributed by atoms with Crippen LogP contribution in [-0.4, -0.2) is 22.5 Å². The molecule has 0 unspecified atom stereocenters. The maximum absolute atomic E-state index is 12.6. The fourth-order valence-corrected chi connectivity index (χ4v) is 3.49. The second-order valence-corrected chi connectivity index (χ2v) is 7.24. The van der Waals surface area contributed by atoms with Crippen molar-refractivity contribution < 1.29 is 14.5 Å². The van der Waals surface area contributed by atoms with Gasteiger partial charge in [0.15, 0.2) is 0 Å². The lowest BCUT2D eigenvalue weighted by atomic mass is 10.1. The van der Waals surface area contributed by atoms with Gasteiger partial charge in [-0.2, -0.15) is 5.26 Å². The third-order valence-electron chi connectivity index (χ3n) is 5.12. The summed E-state index contributed by atoms with van der Waals surface area (Å²) in [5.74, 6) is 0.141. The van der Waals surface area contributed by atoms with Gasteiger partial charge in [0.2, 0.25) is 0 Å². The maximum atomic E-state index is 12.6. The van der Waals surface area contributed by atoms with E-state index in [0.717, 1.165) is 22.6 Å². The van der Waals surface area contributed by atoms with Gasteiger partial charge in [-0.25, -0.2) is 0 Å². The molecule has 32 heavy (non-hydrogen) atoms. The molecule has 1 N–H and O–H groups in total. The molecule has 0 aliphatic carbocycles.